The van der Waals surface area contributed by atoms with E-state index in [1.54, 1.807) is 0 Å². The van der Waals surface area contributed by atoms with Gasteiger partial charge in [0.2, 0.25) is 0 Å². The van der Waals surface area contributed by atoms with Gasteiger partial charge in [0, 0.05) is 19.6 Å². The monoisotopic (exact) mass is 220 g/mol. The molecule has 1 aliphatic rings. The largest absolute Gasteiger partial charge is 0.296 e. The highest BCUT2D eigenvalue weighted by atomic mass is 35.5. The van der Waals surface area contributed by atoms with Gasteiger partial charge in [-0.1, -0.05) is 30.3 Å². The van der Waals surface area contributed by atoms with Crippen LogP contribution in [0.2, 0.25) is 0 Å². The van der Waals surface area contributed by atoms with Gasteiger partial charge in [-0.05, 0) is 12.0 Å². The molecule has 0 amide bonds. The molecule has 1 aliphatic heterocycles. The van der Waals surface area contributed by atoms with Crippen molar-refractivity contribution in [2.24, 2.45) is 0 Å². The Balaban J connectivity index is 1.97. The van der Waals surface area contributed by atoms with E-state index >= 15 is 0 Å². The zero-order valence-electron chi connectivity index (χ0n) is 8.49. The summed E-state index contributed by atoms with van der Waals surface area (Å²) in [7, 11) is 0. The summed E-state index contributed by atoms with van der Waals surface area (Å²) in [5.41, 5.74) is 1.27. The fraction of sp³-hybridized carbons (Fsp3) is 0.417. The molecule has 1 atom stereocenters. The van der Waals surface area contributed by atoms with Gasteiger partial charge in [0.15, 0.2) is 0 Å². The minimum absolute atomic E-state index is 0.658. The average molecular weight is 221 g/mol. The molecule has 0 N–H and O–H groups in total. The molecule has 1 aromatic carbocycles. The van der Waals surface area contributed by atoms with Crippen molar-refractivity contribution >= 4 is 11.6 Å². The lowest BCUT2D eigenvalue weighted by atomic mass is 10.1. The molecule has 1 aromatic rings. The Kier molecular flexibility index (Phi) is 2.95. The van der Waals surface area contributed by atoms with Crippen LogP contribution in [0.3, 0.4) is 0 Å². The Bertz CT molecular complexity index is 371. The van der Waals surface area contributed by atoms with E-state index in [2.05, 4.69) is 23.1 Å². The van der Waals surface area contributed by atoms with Crippen molar-refractivity contribution in [2.75, 3.05) is 13.1 Å². The standard InChI is InChI=1S/C12H13ClN2/c13-12(9-14)6-7-15(10-12)8-11-4-2-1-3-5-11/h1-5H,6-8,10H2/t12-/m1/s1. The summed E-state index contributed by atoms with van der Waals surface area (Å²) in [6, 6.07) is 12.4. The van der Waals surface area contributed by atoms with E-state index in [9.17, 15) is 0 Å². The molecule has 3 heteroatoms. The maximum Gasteiger partial charge on any atom is 0.144 e. The molecule has 0 aromatic heterocycles. The van der Waals surface area contributed by atoms with Crippen molar-refractivity contribution in [3.8, 4) is 6.07 Å². The van der Waals surface area contributed by atoms with E-state index in [1.807, 2.05) is 18.2 Å². The highest BCUT2D eigenvalue weighted by Gasteiger charge is 2.36. The van der Waals surface area contributed by atoms with E-state index in [0.717, 1.165) is 19.5 Å². The predicted octanol–water partition coefficient (Wildman–Crippen LogP) is 2.39. The van der Waals surface area contributed by atoms with Crippen molar-refractivity contribution in [1.29, 1.82) is 5.26 Å². The molecule has 0 aliphatic carbocycles. The van der Waals surface area contributed by atoms with Gasteiger partial charge in [-0.15, -0.1) is 11.6 Å². The lowest BCUT2D eigenvalue weighted by Crippen LogP contribution is -2.26. The first-order valence-electron chi connectivity index (χ1n) is 5.08. The fourth-order valence-electron chi connectivity index (χ4n) is 1.92. The summed E-state index contributed by atoms with van der Waals surface area (Å²) in [5.74, 6) is 0. The third kappa shape index (κ3) is 2.50. The number of nitrogens with zero attached hydrogens (tertiary/aromatic N) is 2. The van der Waals surface area contributed by atoms with Crippen LogP contribution in [0.15, 0.2) is 30.3 Å². The smallest absolute Gasteiger partial charge is 0.144 e. The number of likely N-dealkylation sites (tertiary alicyclic amines) is 1. The van der Waals surface area contributed by atoms with E-state index in [1.165, 1.54) is 5.56 Å². The number of alkyl halides is 1. The fourth-order valence-corrected chi connectivity index (χ4v) is 2.17. The molecule has 1 heterocycles. The highest BCUT2D eigenvalue weighted by Crippen LogP contribution is 2.28. The quantitative estimate of drug-likeness (QED) is 0.716. The first-order chi connectivity index (χ1) is 7.22. The van der Waals surface area contributed by atoms with Crippen LogP contribution >= 0.6 is 11.6 Å². The summed E-state index contributed by atoms with van der Waals surface area (Å²) in [4.78, 5) is 1.57. The number of hydrogen-bond donors (Lipinski definition) is 0. The number of rotatable bonds is 2. The molecule has 15 heavy (non-hydrogen) atoms. The van der Waals surface area contributed by atoms with Crippen molar-refractivity contribution in [2.45, 2.75) is 17.8 Å². The van der Waals surface area contributed by atoms with Crippen LogP contribution in [0.1, 0.15) is 12.0 Å². The van der Waals surface area contributed by atoms with E-state index in [0.29, 0.717) is 6.54 Å². The van der Waals surface area contributed by atoms with E-state index in [-0.39, 0.29) is 0 Å². The Morgan fingerprint density at radius 3 is 2.73 bits per heavy atom. The second-order valence-electron chi connectivity index (χ2n) is 4.02. The number of nitriles is 1. The van der Waals surface area contributed by atoms with E-state index < -0.39 is 4.87 Å². The van der Waals surface area contributed by atoms with Crippen LogP contribution in [0.25, 0.3) is 0 Å². The summed E-state index contributed by atoms with van der Waals surface area (Å²) in [5, 5.41) is 8.90. The van der Waals surface area contributed by atoms with E-state index in [4.69, 9.17) is 16.9 Å². The molecule has 2 rings (SSSR count). The van der Waals surface area contributed by atoms with Crippen molar-refractivity contribution in [3.63, 3.8) is 0 Å². The third-order valence-corrected chi connectivity index (χ3v) is 3.14. The maximum atomic E-state index is 8.90. The second kappa shape index (κ2) is 4.22. The number of hydrogen-bond acceptors (Lipinski definition) is 2. The predicted molar refractivity (Wildman–Crippen MR) is 60.5 cm³/mol. The first-order valence-corrected chi connectivity index (χ1v) is 5.46. The van der Waals surface area contributed by atoms with Crippen LogP contribution in [-0.2, 0) is 6.54 Å². The highest BCUT2D eigenvalue weighted by molar-refractivity contribution is 6.26. The van der Waals surface area contributed by atoms with Crippen LogP contribution < -0.4 is 0 Å². The Hall–Kier alpha value is -1.04. The zero-order valence-corrected chi connectivity index (χ0v) is 9.24. The van der Waals surface area contributed by atoms with Crippen LogP contribution in [0, 0.1) is 11.3 Å². The minimum Gasteiger partial charge on any atom is -0.296 e. The normalized spacial score (nSPS) is 26.4. The Morgan fingerprint density at radius 1 is 1.40 bits per heavy atom. The van der Waals surface area contributed by atoms with Crippen LogP contribution in [-0.4, -0.2) is 22.9 Å². The Labute approximate surface area is 95.1 Å². The van der Waals surface area contributed by atoms with Crippen LogP contribution in [0.4, 0.5) is 0 Å². The third-order valence-electron chi connectivity index (χ3n) is 2.75. The molecule has 2 nitrogen and oxygen atoms in total. The first kappa shape index (κ1) is 10.5. The lowest BCUT2D eigenvalue weighted by molar-refractivity contribution is 0.327. The summed E-state index contributed by atoms with van der Waals surface area (Å²) < 4.78 is 0. The van der Waals surface area contributed by atoms with Gasteiger partial charge < -0.3 is 0 Å². The van der Waals surface area contributed by atoms with Crippen molar-refractivity contribution < 1.29 is 0 Å². The molecule has 1 saturated heterocycles. The van der Waals surface area contributed by atoms with Crippen LogP contribution in [0.5, 0.6) is 0 Å². The molecular formula is C12H13ClN2. The van der Waals surface area contributed by atoms with Gasteiger partial charge >= 0.3 is 0 Å². The Morgan fingerprint density at radius 2 is 2.13 bits per heavy atom. The van der Waals surface area contributed by atoms with Gasteiger partial charge in [-0.3, -0.25) is 4.90 Å². The molecule has 0 spiro atoms. The van der Waals surface area contributed by atoms with Gasteiger partial charge in [0.25, 0.3) is 0 Å². The minimum atomic E-state index is -0.658. The topological polar surface area (TPSA) is 27.0 Å². The SMILES string of the molecule is N#C[C@]1(Cl)CCN(Cc2ccccc2)C1. The molecule has 0 saturated carbocycles. The second-order valence-corrected chi connectivity index (χ2v) is 4.75. The molecule has 0 bridgehead atoms. The van der Waals surface area contributed by atoms with Gasteiger partial charge in [0.05, 0.1) is 6.07 Å². The number of halogens is 1. The molecule has 0 unspecified atom stereocenters. The summed E-state index contributed by atoms with van der Waals surface area (Å²) >= 11 is 6.11. The van der Waals surface area contributed by atoms with Gasteiger partial charge in [-0.2, -0.15) is 5.26 Å². The van der Waals surface area contributed by atoms with Gasteiger partial charge in [0.1, 0.15) is 4.87 Å². The molecule has 0 radical (unpaired) electrons. The average Bonchev–Trinajstić information content (AvgIpc) is 2.63. The molecule has 78 valence electrons. The van der Waals surface area contributed by atoms with Crippen molar-refractivity contribution in [3.05, 3.63) is 35.9 Å². The zero-order chi connectivity index (χ0) is 10.7. The summed E-state index contributed by atoms with van der Waals surface area (Å²) in [6.07, 6.45) is 0.762. The maximum absolute atomic E-state index is 8.90. The molecular weight excluding hydrogens is 208 g/mol. The van der Waals surface area contributed by atoms with Gasteiger partial charge in [-0.25, -0.2) is 0 Å². The number of benzene rings is 1. The summed E-state index contributed by atoms with van der Waals surface area (Å²) in [6.45, 7) is 2.46. The molecule has 1 fully saturated rings. The lowest BCUT2D eigenvalue weighted by Gasteiger charge is -2.16. The van der Waals surface area contributed by atoms with Crippen molar-refractivity contribution in [1.82, 2.24) is 4.90 Å².